The van der Waals surface area contributed by atoms with Crippen molar-refractivity contribution in [2.24, 2.45) is 5.16 Å². The summed E-state index contributed by atoms with van der Waals surface area (Å²) in [5.41, 5.74) is -2.53. The first-order chi connectivity index (χ1) is 16.9. The molecule has 13 heteroatoms. The number of hydrogen-bond acceptors (Lipinski definition) is 5. The predicted octanol–water partition coefficient (Wildman–Crippen LogP) is 4.92. The van der Waals surface area contributed by atoms with Crippen LogP contribution in [0.25, 0.3) is 0 Å². The van der Waals surface area contributed by atoms with Crippen molar-refractivity contribution in [3.8, 4) is 0 Å². The van der Waals surface area contributed by atoms with Crippen LogP contribution < -0.4 is 5.32 Å². The quantitative estimate of drug-likeness (QED) is 0.426. The summed E-state index contributed by atoms with van der Waals surface area (Å²) in [6.45, 7) is 3.66. The van der Waals surface area contributed by atoms with Gasteiger partial charge in [-0.2, -0.15) is 13.2 Å². The van der Waals surface area contributed by atoms with E-state index in [4.69, 9.17) is 32.9 Å². The van der Waals surface area contributed by atoms with Gasteiger partial charge in [-0.05, 0) is 49.2 Å². The molecule has 0 saturated carbocycles. The summed E-state index contributed by atoms with van der Waals surface area (Å²) in [5, 5.41) is 6.23. The topological polar surface area (TPSA) is 80.2 Å². The molecule has 2 heterocycles. The summed E-state index contributed by atoms with van der Waals surface area (Å²) in [7, 11) is 0. The van der Waals surface area contributed by atoms with E-state index >= 15 is 0 Å². The fraction of sp³-hybridized carbons (Fsp3) is 0.348. The molecule has 192 valence electrons. The number of halogens is 6. The van der Waals surface area contributed by atoms with Crippen LogP contribution in [0.3, 0.4) is 0 Å². The normalized spacial score (nSPS) is 22.0. The largest absolute Gasteiger partial charge is 0.435 e. The third-order valence-corrected chi connectivity index (χ3v) is 6.52. The van der Waals surface area contributed by atoms with Crippen molar-refractivity contribution < 1.29 is 36.8 Å². The molecule has 0 bridgehead atoms. The van der Waals surface area contributed by atoms with Crippen LogP contribution in [0.4, 0.5) is 17.6 Å². The molecule has 0 unspecified atom stereocenters. The van der Waals surface area contributed by atoms with Gasteiger partial charge in [-0.15, -0.1) is 0 Å². The summed E-state index contributed by atoms with van der Waals surface area (Å²) < 4.78 is 56.4. The average molecular weight is 548 g/mol. The van der Waals surface area contributed by atoms with Crippen molar-refractivity contribution in [2.75, 3.05) is 13.2 Å². The van der Waals surface area contributed by atoms with Gasteiger partial charge in [-0.1, -0.05) is 34.4 Å². The van der Waals surface area contributed by atoms with Gasteiger partial charge in [0, 0.05) is 24.1 Å². The minimum Gasteiger partial charge on any atom is -0.374 e. The maximum Gasteiger partial charge on any atom is 0.435 e. The second kappa shape index (κ2) is 9.53. The lowest BCUT2D eigenvalue weighted by molar-refractivity contribution is -0.275. The van der Waals surface area contributed by atoms with Gasteiger partial charge in [0.25, 0.3) is 17.4 Å². The Bertz CT molecular complexity index is 1250. The maximum atomic E-state index is 14.2. The number of carbonyl (C=O) groups is 2. The lowest BCUT2D eigenvalue weighted by Crippen LogP contribution is -2.43. The maximum absolute atomic E-state index is 14.2. The number of rotatable bonds is 5. The van der Waals surface area contributed by atoms with Gasteiger partial charge >= 0.3 is 6.18 Å². The number of nitrogens with one attached hydrogen (secondary N) is 1. The van der Waals surface area contributed by atoms with Crippen LogP contribution in [0, 0.1) is 12.7 Å². The molecule has 2 atom stereocenters. The number of benzene rings is 2. The number of carbonyl (C=O) groups excluding carboxylic acids is 2. The van der Waals surface area contributed by atoms with Crippen molar-refractivity contribution in [2.45, 2.75) is 38.1 Å². The lowest BCUT2D eigenvalue weighted by atomic mass is 9.86. The zero-order chi connectivity index (χ0) is 26.4. The fourth-order valence-corrected chi connectivity index (χ4v) is 4.49. The minimum atomic E-state index is -4.94. The number of oxime groups is 1. The number of alkyl halides is 3. The summed E-state index contributed by atoms with van der Waals surface area (Å²) >= 11 is 11.5. The van der Waals surface area contributed by atoms with Crippen LogP contribution in [0.5, 0.6) is 0 Å². The molecule has 1 fully saturated rings. The van der Waals surface area contributed by atoms with Gasteiger partial charge in [0.15, 0.2) is 5.82 Å². The van der Waals surface area contributed by atoms with E-state index in [0.717, 1.165) is 17.2 Å². The molecule has 0 aromatic heterocycles. The molecule has 7 nitrogen and oxygen atoms in total. The van der Waals surface area contributed by atoms with Gasteiger partial charge < -0.3 is 10.2 Å². The van der Waals surface area contributed by atoms with Crippen LogP contribution in [0.2, 0.25) is 10.0 Å². The molecule has 2 aromatic rings. The van der Waals surface area contributed by atoms with Crippen LogP contribution >= 0.6 is 23.2 Å². The molecule has 2 aromatic carbocycles. The molecule has 4 rings (SSSR count). The molecule has 2 aliphatic rings. The highest BCUT2D eigenvalue weighted by Gasteiger charge is 2.62. The Hall–Kier alpha value is -2.89. The molecule has 0 radical (unpaired) electrons. The van der Waals surface area contributed by atoms with E-state index in [0.29, 0.717) is 12.1 Å². The molecule has 2 amide bonds. The summed E-state index contributed by atoms with van der Waals surface area (Å²) in [6.07, 6.45) is -5.68. The second-order valence-electron chi connectivity index (χ2n) is 8.27. The van der Waals surface area contributed by atoms with Gasteiger partial charge in [0.1, 0.15) is 12.6 Å². The van der Waals surface area contributed by atoms with E-state index in [9.17, 15) is 27.2 Å². The summed E-state index contributed by atoms with van der Waals surface area (Å²) in [4.78, 5) is 35.0. The molecular formula is C23H19Cl2F4N3O4. The zero-order valence-corrected chi connectivity index (χ0v) is 20.4. The third-order valence-electron chi connectivity index (χ3n) is 5.97. The number of aryl methyl sites for hydroxylation is 1. The Morgan fingerprint density at radius 2 is 1.92 bits per heavy atom. The van der Waals surface area contributed by atoms with E-state index < -0.39 is 51.6 Å². The molecule has 36 heavy (non-hydrogen) atoms. The molecule has 2 aliphatic heterocycles. The predicted molar refractivity (Wildman–Crippen MR) is 122 cm³/mol. The highest BCUT2D eigenvalue weighted by atomic mass is 35.5. The van der Waals surface area contributed by atoms with Crippen molar-refractivity contribution >= 4 is 40.7 Å². The molecule has 0 aliphatic carbocycles. The van der Waals surface area contributed by atoms with Gasteiger partial charge in [-0.3, -0.25) is 14.4 Å². The first kappa shape index (κ1) is 26.2. The monoisotopic (exact) mass is 547 g/mol. The van der Waals surface area contributed by atoms with Gasteiger partial charge in [0.2, 0.25) is 0 Å². The molecular weight excluding hydrogens is 529 g/mol. The smallest absolute Gasteiger partial charge is 0.374 e. The van der Waals surface area contributed by atoms with Crippen LogP contribution in [0.15, 0.2) is 35.5 Å². The van der Waals surface area contributed by atoms with E-state index in [1.807, 2.05) is 0 Å². The zero-order valence-electron chi connectivity index (χ0n) is 18.9. The highest BCUT2D eigenvalue weighted by Crippen LogP contribution is 2.50. The Labute approximate surface area is 212 Å². The molecule has 1 saturated heterocycles. The Morgan fingerprint density at radius 1 is 1.25 bits per heavy atom. The fourth-order valence-electron chi connectivity index (χ4n) is 4.00. The van der Waals surface area contributed by atoms with Crippen LogP contribution in [-0.4, -0.2) is 48.0 Å². The standard InChI is InChI=1S/C23H19Cl2F4N3O4/c1-3-32-21(34)18(10-35-32)30-20(33)14-5-4-12(6-11(14)2)17-9-22(36-31-17,23(27,28)29)13-7-15(24)19(26)16(25)8-13/h4-8,18H,3,9-10H2,1-2H3,(H,30,33)/t18-,22+/m1/s1. The van der Waals surface area contributed by atoms with Crippen LogP contribution in [-0.2, 0) is 20.1 Å². The summed E-state index contributed by atoms with van der Waals surface area (Å²) in [6, 6.07) is 5.10. The van der Waals surface area contributed by atoms with Crippen molar-refractivity contribution in [3.63, 3.8) is 0 Å². The van der Waals surface area contributed by atoms with Crippen molar-refractivity contribution in [3.05, 3.63) is 68.4 Å². The highest BCUT2D eigenvalue weighted by molar-refractivity contribution is 6.35. The van der Waals surface area contributed by atoms with E-state index in [1.165, 1.54) is 18.2 Å². The first-order valence-electron chi connectivity index (χ1n) is 10.7. The number of nitrogens with zero attached hydrogens (tertiary/aromatic N) is 2. The Morgan fingerprint density at radius 3 is 2.47 bits per heavy atom. The number of amides is 2. The minimum absolute atomic E-state index is 0.000628. The van der Waals surface area contributed by atoms with Crippen molar-refractivity contribution in [1.29, 1.82) is 0 Å². The summed E-state index contributed by atoms with van der Waals surface area (Å²) in [5.74, 6) is -1.96. The number of hydroxylamine groups is 2. The Balaban J connectivity index is 1.57. The van der Waals surface area contributed by atoms with E-state index in [1.54, 1.807) is 13.8 Å². The van der Waals surface area contributed by atoms with Crippen LogP contribution in [0.1, 0.15) is 40.4 Å². The lowest BCUT2D eigenvalue weighted by Gasteiger charge is -2.29. The molecule has 0 spiro atoms. The number of hydrogen-bond donors (Lipinski definition) is 1. The van der Waals surface area contributed by atoms with E-state index in [2.05, 4.69) is 10.5 Å². The van der Waals surface area contributed by atoms with Crippen molar-refractivity contribution in [1.82, 2.24) is 10.4 Å². The van der Waals surface area contributed by atoms with E-state index in [-0.39, 0.29) is 29.4 Å². The van der Waals surface area contributed by atoms with Gasteiger partial charge in [0.05, 0.1) is 15.8 Å². The third kappa shape index (κ3) is 4.51. The van der Waals surface area contributed by atoms with Gasteiger partial charge in [-0.25, -0.2) is 9.45 Å². The second-order valence-corrected chi connectivity index (χ2v) is 9.08. The Kier molecular flexibility index (Phi) is 6.93. The molecule has 1 N–H and O–H groups in total. The number of likely N-dealkylation sites (N-methyl/N-ethyl adjacent to an activating group) is 1. The SMILES string of the molecule is CCN1OC[C@@H](NC(=O)c2ccc(C3=NO[C@@](c4cc(Cl)c(F)c(Cl)c4)(C(F)(F)F)C3)cc2C)C1=O. The average Bonchev–Trinajstić information content (AvgIpc) is 3.42. The first-order valence-corrected chi connectivity index (χ1v) is 11.5.